The number of amides is 1. The molecule has 1 atom stereocenters. The van der Waals surface area contributed by atoms with Gasteiger partial charge in [-0.15, -0.1) is 0 Å². The standard InChI is InChI=1S/C12H21N3O3/c1-4-10-5-14-12(18-10)7-13-6-11(16)15-9(2)8-17-3/h5,9,13H,4,6-8H2,1-3H3,(H,15,16). The van der Waals surface area contributed by atoms with Crippen LogP contribution in [0.4, 0.5) is 0 Å². The van der Waals surface area contributed by atoms with Gasteiger partial charge >= 0.3 is 0 Å². The first-order chi connectivity index (χ1) is 8.65. The first kappa shape index (κ1) is 14.7. The van der Waals surface area contributed by atoms with Crippen molar-refractivity contribution in [2.45, 2.75) is 32.9 Å². The Hall–Kier alpha value is -1.40. The third kappa shape index (κ3) is 5.29. The molecule has 1 unspecified atom stereocenters. The Kier molecular flexibility index (Phi) is 6.38. The highest BCUT2D eigenvalue weighted by Crippen LogP contribution is 2.03. The van der Waals surface area contributed by atoms with Crippen molar-refractivity contribution in [3.05, 3.63) is 17.8 Å². The van der Waals surface area contributed by atoms with Crippen LogP contribution < -0.4 is 10.6 Å². The number of nitrogens with zero attached hydrogens (tertiary/aromatic N) is 1. The Balaban J connectivity index is 2.18. The van der Waals surface area contributed by atoms with E-state index in [4.69, 9.17) is 9.15 Å². The summed E-state index contributed by atoms with van der Waals surface area (Å²) in [5.41, 5.74) is 0. The lowest BCUT2D eigenvalue weighted by Crippen LogP contribution is -2.40. The zero-order valence-electron chi connectivity index (χ0n) is 11.2. The monoisotopic (exact) mass is 255 g/mol. The molecule has 0 aliphatic rings. The largest absolute Gasteiger partial charge is 0.444 e. The van der Waals surface area contributed by atoms with Crippen LogP contribution >= 0.6 is 0 Å². The molecule has 1 amide bonds. The molecule has 1 rings (SSSR count). The predicted octanol–water partition coefficient (Wildman–Crippen LogP) is 0.478. The number of methoxy groups -OCH3 is 1. The molecule has 0 spiro atoms. The molecule has 6 heteroatoms. The third-order valence-corrected chi connectivity index (χ3v) is 2.34. The Morgan fingerprint density at radius 1 is 1.61 bits per heavy atom. The molecule has 0 aromatic carbocycles. The fraction of sp³-hybridized carbons (Fsp3) is 0.667. The van der Waals surface area contributed by atoms with E-state index in [9.17, 15) is 4.79 Å². The van der Waals surface area contributed by atoms with Crippen molar-refractivity contribution >= 4 is 5.91 Å². The number of rotatable bonds is 8. The highest BCUT2D eigenvalue weighted by atomic mass is 16.5. The second kappa shape index (κ2) is 7.84. The number of aromatic nitrogens is 1. The lowest BCUT2D eigenvalue weighted by atomic mass is 10.3. The van der Waals surface area contributed by atoms with Gasteiger partial charge in [0.15, 0.2) is 0 Å². The van der Waals surface area contributed by atoms with Gasteiger partial charge in [-0.25, -0.2) is 4.98 Å². The van der Waals surface area contributed by atoms with Crippen molar-refractivity contribution in [1.82, 2.24) is 15.6 Å². The number of ether oxygens (including phenoxy) is 1. The summed E-state index contributed by atoms with van der Waals surface area (Å²) in [7, 11) is 1.61. The number of carbonyl (C=O) groups excluding carboxylic acids is 1. The normalized spacial score (nSPS) is 12.4. The molecular formula is C12H21N3O3. The summed E-state index contributed by atoms with van der Waals surface area (Å²) in [6.45, 7) is 5.08. The zero-order chi connectivity index (χ0) is 13.4. The van der Waals surface area contributed by atoms with E-state index in [2.05, 4.69) is 15.6 Å². The summed E-state index contributed by atoms with van der Waals surface area (Å²) in [6, 6.07) is 0.0118. The SMILES string of the molecule is CCc1cnc(CNCC(=O)NC(C)COC)o1. The molecule has 1 aromatic rings. The van der Waals surface area contributed by atoms with Crippen LogP contribution in [0.15, 0.2) is 10.6 Å². The molecule has 0 fully saturated rings. The molecule has 1 aromatic heterocycles. The third-order valence-electron chi connectivity index (χ3n) is 2.34. The Bertz CT molecular complexity index is 365. The number of nitrogens with one attached hydrogen (secondary N) is 2. The molecule has 0 saturated heterocycles. The molecule has 0 radical (unpaired) electrons. The minimum absolute atomic E-state index is 0.0118. The predicted molar refractivity (Wildman–Crippen MR) is 67.1 cm³/mol. The van der Waals surface area contributed by atoms with E-state index < -0.39 is 0 Å². The number of hydrogen-bond donors (Lipinski definition) is 2. The molecule has 102 valence electrons. The lowest BCUT2D eigenvalue weighted by Gasteiger charge is -2.12. The van der Waals surface area contributed by atoms with Crippen molar-refractivity contribution in [2.24, 2.45) is 0 Å². The topological polar surface area (TPSA) is 76.4 Å². The molecule has 0 saturated carbocycles. The quantitative estimate of drug-likeness (QED) is 0.706. The highest BCUT2D eigenvalue weighted by molar-refractivity contribution is 5.78. The fourth-order valence-electron chi connectivity index (χ4n) is 1.49. The smallest absolute Gasteiger partial charge is 0.234 e. The van der Waals surface area contributed by atoms with Crippen LogP contribution in [0.2, 0.25) is 0 Å². The number of carbonyl (C=O) groups is 1. The molecule has 2 N–H and O–H groups in total. The van der Waals surface area contributed by atoms with Crippen LogP contribution in [0.3, 0.4) is 0 Å². The maximum absolute atomic E-state index is 11.5. The Labute approximate surface area is 107 Å². The first-order valence-electron chi connectivity index (χ1n) is 6.08. The van der Waals surface area contributed by atoms with Crippen molar-refractivity contribution in [3.8, 4) is 0 Å². The van der Waals surface area contributed by atoms with Gasteiger partial charge in [-0.1, -0.05) is 6.92 Å². The van der Waals surface area contributed by atoms with E-state index in [0.717, 1.165) is 12.2 Å². The van der Waals surface area contributed by atoms with Crippen molar-refractivity contribution in [1.29, 1.82) is 0 Å². The zero-order valence-corrected chi connectivity index (χ0v) is 11.2. The molecule has 0 aliphatic heterocycles. The Morgan fingerprint density at radius 3 is 3.00 bits per heavy atom. The lowest BCUT2D eigenvalue weighted by molar-refractivity contribution is -0.121. The molecule has 0 aliphatic carbocycles. The summed E-state index contributed by atoms with van der Waals surface area (Å²) >= 11 is 0. The maximum atomic E-state index is 11.5. The van der Waals surface area contributed by atoms with Crippen LogP contribution in [-0.2, 0) is 22.5 Å². The van der Waals surface area contributed by atoms with Crippen LogP contribution in [-0.4, -0.2) is 37.2 Å². The van der Waals surface area contributed by atoms with Crippen LogP contribution in [0, 0.1) is 0 Å². The molecule has 6 nitrogen and oxygen atoms in total. The van der Waals surface area contributed by atoms with Crippen molar-refractivity contribution in [2.75, 3.05) is 20.3 Å². The van der Waals surface area contributed by atoms with E-state index in [1.54, 1.807) is 13.3 Å². The van der Waals surface area contributed by atoms with E-state index in [-0.39, 0.29) is 18.5 Å². The molecular weight excluding hydrogens is 234 g/mol. The minimum Gasteiger partial charge on any atom is -0.444 e. The number of hydrogen-bond acceptors (Lipinski definition) is 5. The van der Waals surface area contributed by atoms with E-state index in [1.807, 2.05) is 13.8 Å². The molecule has 18 heavy (non-hydrogen) atoms. The van der Waals surface area contributed by atoms with Gasteiger partial charge in [-0.3, -0.25) is 10.1 Å². The minimum atomic E-state index is -0.0678. The van der Waals surface area contributed by atoms with Crippen LogP contribution in [0.1, 0.15) is 25.5 Å². The van der Waals surface area contributed by atoms with E-state index >= 15 is 0 Å². The Morgan fingerprint density at radius 2 is 2.39 bits per heavy atom. The van der Waals surface area contributed by atoms with Gasteiger partial charge in [0.25, 0.3) is 0 Å². The summed E-state index contributed by atoms with van der Waals surface area (Å²) in [5, 5.41) is 5.78. The average molecular weight is 255 g/mol. The summed E-state index contributed by atoms with van der Waals surface area (Å²) in [6.07, 6.45) is 2.53. The van der Waals surface area contributed by atoms with Gasteiger partial charge in [0.05, 0.1) is 25.9 Å². The summed E-state index contributed by atoms with van der Waals surface area (Å²) in [5.74, 6) is 1.39. The second-order valence-corrected chi connectivity index (χ2v) is 4.10. The van der Waals surface area contributed by atoms with Gasteiger partial charge in [-0.05, 0) is 6.92 Å². The highest BCUT2D eigenvalue weighted by Gasteiger charge is 2.07. The van der Waals surface area contributed by atoms with E-state index in [0.29, 0.717) is 19.0 Å². The van der Waals surface area contributed by atoms with E-state index in [1.165, 1.54) is 0 Å². The van der Waals surface area contributed by atoms with Gasteiger partial charge in [0.1, 0.15) is 5.76 Å². The van der Waals surface area contributed by atoms with Crippen LogP contribution in [0.25, 0.3) is 0 Å². The first-order valence-corrected chi connectivity index (χ1v) is 6.08. The van der Waals surface area contributed by atoms with Gasteiger partial charge in [0.2, 0.25) is 11.8 Å². The summed E-state index contributed by atoms with van der Waals surface area (Å²) in [4.78, 5) is 15.6. The van der Waals surface area contributed by atoms with Gasteiger partial charge in [-0.2, -0.15) is 0 Å². The van der Waals surface area contributed by atoms with Gasteiger partial charge < -0.3 is 14.5 Å². The molecule has 1 heterocycles. The fourth-order valence-corrected chi connectivity index (χ4v) is 1.49. The maximum Gasteiger partial charge on any atom is 0.234 e. The number of oxazole rings is 1. The van der Waals surface area contributed by atoms with Gasteiger partial charge in [0, 0.05) is 19.6 Å². The van der Waals surface area contributed by atoms with Crippen molar-refractivity contribution < 1.29 is 13.9 Å². The second-order valence-electron chi connectivity index (χ2n) is 4.10. The van der Waals surface area contributed by atoms with Crippen molar-refractivity contribution in [3.63, 3.8) is 0 Å². The van der Waals surface area contributed by atoms with Crippen LogP contribution in [0.5, 0.6) is 0 Å². The number of aryl methyl sites for hydroxylation is 1. The molecule has 0 bridgehead atoms. The summed E-state index contributed by atoms with van der Waals surface area (Å²) < 4.78 is 10.3. The average Bonchev–Trinajstić information content (AvgIpc) is 2.77.